The van der Waals surface area contributed by atoms with Gasteiger partial charge in [0.25, 0.3) is 0 Å². The highest BCUT2D eigenvalue weighted by atomic mass is 32.1. The minimum Gasteiger partial charge on any atom is -0.392 e. The first kappa shape index (κ1) is 15.8. The average Bonchev–Trinajstić information content (AvgIpc) is 2.26. The van der Waals surface area contributed by atoms with Gasteiger partial charge in [0.05, 0.1) is 11.0 Å². The molecule has 6 nitrogen and oxygen atoms in total. The first-order chi connectivity index (χ1) is 7.92. The fourth-order valence-electron chi connectivity index (χ4n) is 1.34. The highest BCUT2D eigenvalue weighted by molar-refractivity contribution is 7.80. The fourth-order valence-corrected chi connectivity index (χ4v) is 1.51. The molecule has 3 amide bonds. The normalized spacial score (nSPS) is 12.0. The van der Waals surface area contributed by atoms with Gasteiger partial charge in [0.1, 0.15) is 0 Å². The van der Waals surface area contributed by atoms with Crippen LogP contribution in [-0.2, 0) is 4.79 Å². The number of urea groups is 1. The van der Waals surface area contributed by atoms with E-state index in [1.165, 1.54) is 7.05 Å². The van der Waals surface area contributed by atoms with E-state index in [2.05, 4.69) is 10.6 Å². The minimum atomic E-state index is -0.520. The maximum absolute atomic E-state index is 11.7. The van der Waals surface area contributed by atoms with Crippen molar-refractivity contribution < 1.29 is 9.59 Å². The van der Waals surface area contributed by atoms with Crippen LogP contribution >= 0.6 is 12.2 Å². The van der Waals surface area contributed by atoms with Gasteiger partial charge in [-0.2, -0.15) is 0 Å². The number of carbonyl (C=O) groups is 2. The molecule has 0 aromatic heterocycles. The number of thiocarbonyl (C=S) groups is 1. The molecule has 7 heteroatoms. The third-order valence-electron chi connectivity index (χ3n) is 2.26. The van der Waals surface area contributed by atoms with Crippen molar-refractivity contribution in [1.29, 1.82) is 0 Å². The van der Waals surface area contributed by atoms with E-state index >= 15 is 0 Å². The summed E-state index contributed by atoms with van der Waals surface area (Å²) in [6.45, 7) is 4.77. The predicted octanol–water partition coefficient (Wildman–Crippen LogP) is -0.171. The van der Waals surface area contributed by atoms with Crippen LogP contribution in [0.3, 0.4) is 0 Å². The van der Waals surface area contributed by atoms with Gasteiger partial charge in [-0.3, -0.25) is 15.0 Å². The molecule has 17 heavy (non-hydrogen) atoms. The quantitative estimate of drug-likeness (QED) is 0.577. The van der Waals surface area contributed by atoms with Crippen LogP contribution in [0.4, 0.5) is 4.79 Å². The summed E-state index contributed by atoms with van der Waals surface area (Å²) in [5, 5.41) is 4.55. The van der Waals surface area contributed by atoms with E-state index in [-0.39, 0.29) is 5.91 Å². The molecule has 0 radical (unpaired) electrons. The lowest BCUT2D eigenvalue weighted by Crippen LogP contribution is -2.51. The molecule has 0 fully saturated rings. The zero-order valence-electron chi connectivity index (χ0n) is 10.4. The van der Waals surface area contributed by atoms with Crippen molar-refractivity contribution in [3.63, 3.8) is 0 Å². The number of nitrogens with one attached hydrogen (secondary N) is 2. The second-order valence-corrected chi connectivity index (χ2v) is 4.21. The first-order valence-corrected chi connectivity index (χ1v) is 5.88. The van der Waals surface area contributed by atoms with Crippen molar-refractivity contribution in [3.8, 4) is 0 Å². The van der Waals surface area contributed by atoms with Gasteiger partial charge in [-0.15, -0.1) is 0 Å². The number of hydrogen-bond acceptors (Lipinski definition) is 4. The van der Waals surface area contributed by atoms with Crippen LogP contribution in [-0.4, -0.2) is 48.0 Å². The lowest BCUT2D eigenvalue weighted by Gasteiger charge is -2.26. The monoisotopic (exact) mass is 260 g/mol. The molecule has 0 bridgehead atoms. The van der Waals surface area contributed by atoms with E-state index in [4.69, 9.17) is 18.0 Å². The lowest BCUT2D eigenvalue weighted by molar-refractivity contribution is -0.124. The van der Waals surface area contributed by atoms with Gasteiger partial charge in [0, 0.05) is 13.6 Å². The number of carbonyl (C=O) groups excluding carboxylic acids is 2. The van der Waals surface area contributed by atoms with Crippen molar-refractivity contribution in [2.24, 2.45) is 5.73 Å². The summed E-state index contributed by atoms with van der Waals surface area (Å²) >= 11 is 4.83. The van der Waals surface area contributed by atoms with E-state index in [0.717, 1.165) is 6.42 Å². The Hall–Kier alpha value is -1.21. The molecule has 98 valence electrons. The van der Waals surface area contributed by atoms with Crippen LogP contribution in [0.25, 0.3) is 0 Å². The van der Waals surface area contributed by atoms with Crippen molar-refractivity contribution in [2.75, 3.05) is 20.1 Å². The SMILES string of the molecule is CCCN(CC(N)=S)C(C)C(=O)NC(=O)NC. The second-order valence-electron chi connectivity index (χ2n) is 3.68. The van der Waals surface area contributed by atoms with Gasteiger partial charge >= 0.3 is 6.03 Å². The van der Waals surface area contributed by atoms with Crippen LogP contribution in [0.2, 0.25) is 0 Å². The van der Waals surface area contributed by atoms with Crippen LogP contribution in [0.5, 0.6) is 0 Å². The molecule has 0 spiro atoms. The summed E-state index contributed by atoms with van der Waals surface area (Å²) in [5.41, 5.74) is 5.47. The van der Waals surface area contributed by atoms with Gasteiger partial charge in [-0.1, -0.05) is 19.1 Å². The van der Waals surface area contributed by atoms with E-state index < -0.39 is 12.1 Å². The maximum atomic E-state index is 11.7. The number of rotatable bonds is 6. The Balaban J connectivity index is 4.47. The summed E-state index contributed by atoms with van der Waals surface area (Å²) in [6, 6.07) is -0.970. The summed E-state index contributed by atoms with van der Waals surface area (Å²) in [6.07, 6.45) is 0.875. The van der Waals surface area contributed by atoms with Crippen LogP contribution in [0.1, 0.15) is 20.3 Å². The molecule has 1 unspecified atom stereocenters. The molecule has 0 aliphatic carbocycles. The van der Waals surface area contributed by atoms with Crippen LogP contribution in [0.15, 0.2) is 0 Å². The number of imide groups is 1. The summed E-state index contributed by atoms with van der Waals surface area (Å²) < 4.78 is 0. The van der Waals surface area contributed by atoms with Crippen LogP contribution in [0, 0.1) is 0 Å². The van der Waals surface area contributed by atoms with Crippen molar-refractivity contribution in [1.82, 2.24) is 15.5 Å². The highest BCUT2D eigenvalue weighted by Crippen LogP contribution is 2.01. The topological polar surface area (TPSA) is 87.5 Å². The number of nitrogens with two attached hydrogens (primary N) is 1. The van der Waals surface area contributed by atoms with Crippen molar-refractivity contribution >= 4 is 29.1 Å². The highest BCUT2D eigenvalue weighted by Gasteiger charge is 2.22. The lowest BCUT2D eigenvalue weighted by atomic mass is 10.2. The molecule has 0 rings (SSSR count). The maximum Gasteiger partial charge on any atom is 0.321 e. The Morgan fingerprint density at radius 1 is 1.47 bits per heavy atom. The molecule has 1 atom stereocenters. The van der Waals surface area contributed by atoms with Gasteiger partial charge in [0.2, 0.25) is 5.91 Å². The second kappa shape index (κ2) is 7.97. The molecular formula is C10H20N4O2S. The van der Waals surface area contributed by atoms with E-state index in [0.29, 0.717) is 18.1 Å². The van der Waals surface area contributed by atoms with Crippen molar-refractivity contribution in [3.05, 3.63) is 0 Å². The largest absolute Gasteiger partial charge is 0.392 e. The van der Waals surface area contributed by atoms with Gasteiger partial charge in [-0.25, -0.2) is 4.79 Å². The van der Waals surface area contributed by atoms with Crippen molar-refractivity contribution in [2.45, 2.75) is 26.3 Å². The molecular weight excluding hydrogens is 240 g/mol. The zero-order chi connectivity index (χ0) is 13.4. The van der Waals surface area contributed by atoms with E-state index in [1.54, 1.807) is 6.92 Å². The number of amides is 3. The van der Waals surface area contributed by atoms with Gasteiger partial charge in [-0.05, 0) is 19.9 Å². The third-order valence-corrected chi connectivity index (χ3v) is 2.39. The van der Waals surface area contributed by atoms with Gasteiger partial charge < -0.3 is 11.1 Å². The molecule has 0 aromatic rings. The standard InChI is InChI=1S/C10H20N4O2S/c1-4-5-14(6-8(11)17)7(2)9(15)13-10(16)12-3/h7H,4-6H2,1-3H3,(H2,11,17)(H2,12,13,15,16). The Morgan fingerprint density at radius 3 is 2.47 bits per heavy atom. The Kier molecular flexibility index (Phi) is 7.40. The Bertz CT molecular complexity index is 296. The van der Waals surface area contributed by atoms with Crippen LogP contribution < -0.4 is 16.4 Å². The van der Waals surface area contributed by atoms with E-state index in [1.807, 2.05) is 11.8 Å². The molecule has 0 saturated heterocycles. The third kappa shape index (κ3) is 6.18. The molecule has 4 N–H and O–H groups in total. The Morgan fingerprint density at radius 2 is 2.06 bits per heavy atom. The Labute approximate surface area is 107 Å². The predicted molar refractivity (Wildman–Crippen MR) is 70.7 cm³/mol. The average molecular weight is 260 g/mol. The first-order valence-electron chi connectivity index (χ1n) is 5.47. The fraction of sp³-hybridized carbons (Fsp3) is 0.700. The zero-order valence-corrected chi connectivity index (χ0v) is 11.3. The van der Waals surface area contributed by atoms with Gasteiger partial charge in [0.15, 0.2) is 0 Å². The number of nitrogens with zero attached hydrogens (tertiary/aromatic N) is 1. The summed E-state index contributed by atoms with van der Waals surface area (Å²) in [7, 11) is 1.45. The smallest absolute Gasteiger partial charge is 0.321 e. The summed E-state index contributed by atoms with van der Waals surface area (Å²) in [5.74, 6) is -0.367. The summed E-state index contributed by atoms with van der Waals surface area (Å²) in [4.78, 5) is 24.9. The minimum absolute atomic E-state index is 0.332. The molecule has 0 aliphatic rings. The molecule has 0 saturated carbocycles. The number of hydrogen-bond donors (Lipinski definition) is 3. The molecule has 0 heterocycles. The van der Waals surface area contributed by atoms with E-state index in [9.17, 15) is 9.59 Å². The molecule has 0 aromatic carbocycles. The molecule has 0 aliphatic heterocycles.